The van der Waals surface area contributed by atoms with E-state index in [4.69, 9.17) is 25.8 Å². The number of fused-ring (bicyclic) bond motifs is 9. The molecule has 2 aromatic rings. The Bertz CT molecular complexity index is 1170. The number of hydrogen-bond donors (Lipinski definition) is 2. The van der Waals surface area contributed by atoms with Gasteiger partial charge >= 0.3 is 0 Å². The molecule has 5 rings (SSSR count). The lowest BCUT2D eigenvalue weighted by Crippen LogP contribution is -2.51. The van der Waals surface area contributed by atoms with Crippen LogP contribution >= 0.6 is 11.6 Å². The first-order valence-electron chi connectivity index (χ1n) is 10.8. The summed E-state index contributed by atoms with van der Waals surface area (Å²) in [6.45, 7) is 0.497. The SMILES string of the molecule is COc1ccc2c(c1)C(=O)N[C@H](C(=O)NC1(C#N)CC1)Cc1ccc(c(Cl)c1)OC/C=C/CO2. The zero-order valence-electron chi connectivity index (χ0n) is 18.6. The zero-order chi connectivity index (χ0) is 24.1. The van der Waals surface area contributed by atoms with Crippen molar-refractivity contribution in [2.45, 2.75) is 30.8 Å². The molecule has 3 aliphatic rings. The summed E-state index contributed by atoms with van der Waals surface area (Å²) in [6, 6.07) is 11.3. The van der Waals surface area contributed by atoms with Crippen LogP contribution in [0.2, 0.25) is 5.02 Å². The second-order valence-electron chi connectivity index (χ2n) is 8.13. The summed E-state index contributed by atoms with van der Waals surface area (Å²) in [5.74, 6) is 0.376. The van der Waals surface area contributed by atoms with Crippen molar-refractivity contribution in [3.05, 3.63) is 64.7 Å². The van der Waals surface area contributed by atoms with Crippen LogP contribution in [-0.4, -0.2) is 43.7 Å². The topological polar surface area (TPSA) is 110 Å². The van der Waals surface area contributed by atoms with Crippen molar-refractivity contribution in [3.8, 4) is 23.3 Å². The van der Waals surface area contributed by atoms with Crippen LogP contribution in [0.25, 0.3) is 0 Å². The lowest BCUT2D eigenvalue weighted by atomic mass is 10.0. The van der Waals surface area contributed by atoms with Gasteiger partial charge in [0.05, 0.1) is 23.8 Å². The second kappa shape index (κ2) is 10.1. The van der Waals surface area contributed by atoms with Gasteiger partial charge in [0.25, 0.3) is 5.91 Å². The predicted octanol–water partition coefficient (Wildman–Crippen LogP) is 3.19. The second-order valence-corrected chi connectivity index (χ2v) is 8.54. The summed E-state index contributed by atoms with van der Waals surface area (Å²) in [4.78, 5) is 26.4. The Morgan fingerprint density at radius 1 is 1.18 bits per heavy atom. The van der Waals surface area contributed by atoms with Crippen molar-refractivity contribution in [2.75, 3.05) is 20.3 Å². The van der Waals surface area contributed by atoms with Crippen LogP contribution in [0, 0.1) is 11.3 Å². The Labute approximate surface area is 202 Å². The number of methoxy groups -OCH3 is 1. The molecule has 8 nitrogen and oxygen atoms in total. The highest BCUT2D eigenvalue weighted by atomic mass is 35.5. The summed E-state index contributed by atoms with van der Waals surface area (Å²) in [5.41, 5.74) is 0.0799. The van der Waals surface area contributed by atoms with Gasteiger partial charge in [0.1, 0.15) is 42.0 Å². The van der Waals surface area contributed by atoms with Gasteiger partial charge in [-0.25, -0.2) is 0 Å². The number of nitrogens with zero attached hydrogens (tertiary/aromatic N) is 1. The van der Waals surface area contributed by atoms with Gasteiger partial charge in [0.15, 0.2) is 0 Å². The molecule has 0 saturated heterocycles. The van der Waals surface area contributed by atoms with Crippen molar-refractivity contribution >= 4 is 23.4 Å². The first-order chi connectivity index (χ1) is 16.4. The number of benzene rings is 2. The quantitative estimate of drug-likeness (QED) is 0.651. The smallest absolute Gasteiger partial charge is 0.255 e. The molecule has 34 heavy (non-hydrogen) atoms. The number of ether oxygens (including phenoxy) is 3. The Hall–Kier alpha value is -3.70. The maximum absolute atomic E-state index is 13.3. The molecule has 2 bridgehead atoms. The largest absolute Gasteiger partial charge is 0.497 e. The predicted molar refractivity (Wildman–Crippen MR) is 125 cm³/mol. The average Bonchev–Trinajstić information content (AvgIpc) is 3.61. The van der Waals surface area contributed by atoms with Crippen molar-refractivity contribution in [3.63, 3.8) is 0 Å². The Balaban J connectivity index is 1.68. The third kappa shape index (κ3) is 5.43. The van der Waals surface area contributed by atoms with E-state index >= 15 is 0 Å². The summed E-state index contributed by atoms with van der Waals surface area (Å²) in [7, 11) is 1.50. The Morgan fingerprint density at radius 3 is 2.53 bits per heavy atom. The average molecular weight is 482 g/mol. The van der Waals surface area contributed by atoms with E-state index in [2.05, 4.69) is 16.7 Å². The van der Waals surface area contributed by atoms with E-state index in [1.54, 1.807) is 48.6 Å². The molecule has 2 aromatic carbocycles. The van der Waals surface area contributed by atoms with Crippen molar-refractivity contribution in [1.29, 1.82) is 5.26 Å². The fourth-order valence-corrected chi connectivity index (χ4v) is 3.79. The van der Waals surface area contributed by atoms with E-state index in [9.17, 15) is 14.9 Å². The minimum Gasteiger partial charge on any atom is -0.497 e. The number of carbonyl (C=O) groups excluding carboxylic acids is 2. The highest BCUT2D eigenvalue weighted by Crippen LogP contribution is 2.34. The highest BCUT2D eigenvalue weighted by Gasteiger charge is 2.45. The minimum atomic E-state index is -0.951. The van der Waals surface area contributed by atoms with Gasteiger partial charge in [-0.1, -0.05) is 17.7 Å². The molecule has 0 spiro atoms. The monoisotopic (exact) mass is 481 g/mol. The Morgan fingerprint density at radius 2 is 1.88 bits per heavy atom. The van der Waals surface area contributed by atoms with Gasteiger partial charge in [-0.2, -0.15) is 5.26 Å². The molecule has 2 amide bonds. The summed E-state index contributed by atoms with van der Waals surface area (Å²) >= 11 is 6.37. The fraction of sp³-hybridized carbons (Fsp3) is 0.320. The molecule has 0 radical (unpaired) electrons. The van der Waals surface area contributed by atoms with E-state index in [0.717, 1.165) is 5.56 Å². The molecule has 2 aliphatic heterocycles. The van der Waals surface area contributed by atoms with Gasteiger partial charge in [0, 0.05) is 6.42 Å². The first-order valence-corrected chi connectivity index (χ1v) is 11.2. The van der Waals surface area contributed by atoms with Crippen LogP contribution < -0.4 is 24.8 Å². The highest BCUT2D eigenvalue weighted by molar-refractivity contribution is 6.32. The zero-order valence-corrected chi connectivity index (χ0v) is 19.4. The third-order valence-electron chi connectivity index (χ3n) is 5.65. The van der Waals surface area contributed by atoms with Crippen LogP contribution in [0.5, 0.6) is 17.2 Å². The van der Waals surface area contributed by atoms with Crippen molar-refractivity contribution in [1.82, 2.24) is 10.6 Å². The van der Waals surface area contributed by atoms with Crippen molar-refractivity contribution in [2.24, 2.45) is 0 Å². The van der Waals surface area contributed by atoms with E-state index < -0.39 is 23.4 Å². The van der Waals surface area contributed by atoms with Crippen molar-refractivity contribution < 1.29 is 23.8 Å². The molecule has 1 saturated carbocycles. The maximum Gasteiger partial charge on any atom is 0.255 e. The number of hydrogen-bond acceptors (Lipinski definition) is 6. The molecule has 0 aromatic heterocycles. The van der Waals surface area contributed by atoms with Crippen LogP contribution in [0.3, 0.4) is 0 Å². The minimum absolute atomic E-state index is 0.166. The first kappa shape index (κ1) is 23.5. The number of nitrogens with one attached hydrogen (secondary N) is 2. The molecule has 1 atom stereocenters. The van der Waals surface area contributed by atoms with E-state index in [0.29, 0.717) is 41.7 Å². The number of halogens is 1. The molecule has 9 heteroatoms. The lowest BCUT2D eigenvalue weighted by Gasteiger charge is -2.22. The number of carbonyl (C=O) groups is 2. The maximum atomic E-state index is 13.3. The van der Waals surface area contributed by atoms with Gasteiger partial charge in [-0.05, 0) is 60.9 Å². The fourth-order valence-electron chi connectivity index (χ4n) is 3.53. The summed E-state index contributed by atoms with van der Waals surface area (Å²) in [6.07, 6.45) is 4.89. The molecular weight excluding hydrogens is 458 g/mol. The number of rotatable bonds is 3. The van der Waals surface area contributed by atoms with Gasteiger partial charge < -0.3 is 24.8 Å². The number of nitriles is 1. The third-order valence-corrected chi connectivity index (χ3v) is 5.95. The molecule has 1 fully saturated rings. The van der Waals surface area contributed by atoms with Gasteiger partial charge in [0.2, 0.25) is 5.91 Å². The summed E-state index contributed by atoms with van der Waals surface area (Å²) < 4.78 is 16.7. The van der Waals surface area contributed by atoms with E-state index in [1.807, 2.05) is 0 Å². The van der Waals surface area contributed by atoms with Gasteiger partial charge in [-0.3, -0.25) is 9.59 Å². The molecular formula is C25H24ClN3O5. The van der Waals surface area contributed by atoms with Crippen LogP contribution in [0.4, 0.5) is 0 Å². The van der Waals surface area contributed by atoms with E-state index in [1.165, 1.54) is 7.11 Å². The lowest BCUT2D eigenvalue weighted by molar-refractivity contribution is -0.123. The Kier molecular flexibility index (Phi) is 6.94. The van der Waals surface area contributed by atoms with Crippen LogP contribution in [0.1, 0.15) is 28.8 Å². The molecule has 0 unspecified atom stereocenters. The molecule has 1 aliphatic carbocycles. The van der Waals surface area contributed by atoms with E-state index in [-0.39, 0.29) is 18.6 Å². The normalized spacial score (nSPS) is 19.9. The van der Waals surface area contributed by atoms with Gasteiger partial charge in [-0.15, -0.1) is 0 Å². The molecule has 176 valence electrons. The summed E-state index contributed by atoms with van der Waals surface area (Å²) in [5, 5.41) is 15.4. The number of amides is 2. The molecule has 2 N–H and O–H groups in total. The van der Waals surface area contributed by atoms with Crippen LogP contribution in [0.15, 0.2) is 48.6 Å². The molecule has 2 heterocycles. The standard InChI is InChI=1S/C25H24ClN3O5/c1-32-17-5-7-21-18(14-17)23(30)28-20(24(31)29-25(15-27)8-9-25)13-16-4-6-22(19(26)12-16)34-11-3-2-10-33-21/h2-7,12,14,20H,8-11,13H2,1H3,(H,28,30)(H,29,31)/b3-2+/t20-/m0/s1. The van der Waals surface area contributed by atoms with Crippen LogP contribution in [-0.2, 0) is 11.2 Å².